The minimum atomic E-state index is -0.296. The van der Waals surface area contributed by atoms with Gasteiger partial charge in [-0.1, -0.05) is 12.1 Å². The molecule has 0 fully saturated rings. The standard InChI is InChI=1S/C14H14BrN3O2/c1-2-16-13-9(15)7-17-14(18-13)12-8-19-10-5-3-4-6-11(10)20-12/h3-7,12H,2,8H2,1H3,(H,16,17,18). The van der Waals surface area contributed by atoms with Crippen LogP contribution < -0.4 is 14.8 Å². The SMILES string of the molecule is CCNc1nc(C2COc3ccccc3O2)ncc1Br. The summed E-state index contributed by atoms with van der Waals surface area (Å²) in [6.07, 6.45) is 1.43. The maximum atomic E-state index is 5.90. The highest BCUT2D eigenvalue weighted by atomic mass is 79.9. The number of rotatable bonds is 3. The summed E-state index contributed by atoms with van der Waals surface area (Å²) in [5.41, 5.74) is 0. The zero-order valence-electron chi connectivity index (χ0n) is 11.0. The molecule has 2 aromatic rings. The Hall–Kier alpha value is -1.82. The molecule has 104 valence electrons. The Labute approximate surface area is 125 Å². The van der Waals surface area contributed by atoms with Crippen molar-refractivity contribution >= 4 is 21.7 Å². The van der Waals surface area contributed by atoms with Crippen LogP contribution in [-0.2, 0) is 0 Å². The average molecular weight is 336 g/mol. The van der Waals surface area contributed by atoms with Gasteiger partial charge >= 0.3 is 0 Å². The van der Waals surface area contributed by atoms with Crippen LogP contribution >= 0.6 is 15.9 Å². The van der Waals surface area contributed by atoms with E-state index in [9.17, 15) is 0 Å². The molecule has 0 saturated heterocycles. The van der Waals surface area contributed by atoms with Crippen LogP contribution in [0.1, 0.15) is 18.9 Å². The molecular formula is C14H14BrN3O2. The topological polar surface area (TPSA) is 56.3 Å². The molecule has 1 aliphatic heterocycles. The summed E-state index contributed by atoms with van der Waals surface area (Å²) < 4.78 is 12.4. The smallest absolute Gasteiger partial charge is 0.192 e. The molecule has 0 aliphatic carbocycles. The number of hydrogen-bond donors (Lipinski definition) is 1. The first-order valence-corrected chi connectivity index (χ1v) is 7.22. The third kappa shape index (κ3) is 2.56. The van der Waals surface area contributed by atoms with Crippen LogP contribution in [-0.4, -0.2) is 23.1 Å². The third-order valence-electron chi connectivity index (χ3n) is 2.90. The fraction of sp³-hybridized carbons (Fsp3) is 0.286. The van der Waals surface area contributed by atoms with Crippen LogP contribution in [0.25, 0.3) is 0 Å². The van der Waals surface area contributed by atoms with E-state index in [-0.39, 0.29) is 6.10 Å². The lowest BCUT2D eigenvalue weighted by Gasteiger charge is -2.25. The molecule has 0 spiro atoms. The number of aromatic nitrogens is 2. The van der Waals surface area contributed by atoms with E-state index in [1.807, 2.05) is 31.2 Å². The molecule has 1 aliphatic rings. The van der Waals surface area contributed by atoms with Gasteiger partial charge in [0.1, 0.15) is 12.4 Å². The monoisotopic (exact) mass is 335 g/mol. The molecule has 0 amide bonds. The van der Waals surface area contributed by atoms with Crippen LogP contribution in [0.3, 0.4) is 0 Å². The van der Waals surface area contributed by atoms with Crippen molar-refractivity contribution in [2.45, 2.75) is 13.0 Å². The van der Waals surface area contributed by atoms with Crippen molar-refractivity contribution in [2.75, 3.05) is 18.5 Å². The lowest BCUT2D eigenvalue weighted by atomic mass is 10.2. The lowest BCUT2D eigenvalue weighted by molar-refractivity contribution is 0.0851. The summed E-state index contributed by atoms with van der Waals surface area (Å²) in [6.45, 7) is 3.22. The molecule has 0 bridgehead atoms. The molecule has 2 heterocycles. The van der Waals surface area contributed by atoms with Crippen LogP contribution in [0.4, 0.5) is 5.82 Å². The van der Waals surface area contributed by atoms with Crippen molar-refractivity contribution in [2.24, 2.45) is 0 Å². The molecule has 1 atom stereocenters. The molecule has 1 N–H and O–H groups in total. The van der Waals surface area contributed by atoms with Crippen LogP contribution in [0.2, 0.25) is 0 Å². The molecule has 3 rings (SSSR count). The summed E-state index contributed by atoms with van der Waals surface area (Å²) >= 11 is 3.42. The summed E-state index contributed by atoms with van der Waals surface area (Å²) in [4.78, 5) is 8.80. The van der Waals surface area contributed by atoms with E-state index < -0.39 is 0 Å². The molecule has 5 nitrogen and oxygen atoms in total. The first kappa shape index (κ1) is 13.2. The molecule has 0 radical (unpaired) electrons. The highest BCUT2D eigenvalue weighted by Gasteiger charge is 2.25. The predicted octanol–water partition coefficient (Wildman–Crippen LogP) is 3.18. The number of ether oxygens (including phenoxy) is 2. The van der Waals surface area contributed by atoms with E-state index in [4.69, 9.17) is 9.47 Å². The number of hydrogen-bond acceptors (Lipinski definition) is 5. The van der Waals surface area contributed by atoms with Gasteiger partial charge in [-0.3, -0.25) is 0 Å². The maximum absolute atomic E-state index is 5.90. The van der Waals surface area contributed by atoms with Crippen LogP contribution in [0, 0.1) is 0 Å². The third-order valence-corrected chi connectivity index (χ3v) is 3.48. The van der Waals surface area contributed by atoms with Crippen molar-refractivity contribution in [3.8, 4) is 11.5 Å². The lowest BCUT2D eigenvalue weighted by Crippen LogP contribution is -2.23. The van der Waals surface area contributed by atoms with E-state index in [2.05, 4.69) is 31.2 Å². The number of nitrogens with one attached hydrogen (secondary N) is 1. The van der Waals surface area contributed by atoms with E-state index in [1.165, 1.54) is 0 Å². The van der Waals surface area contributed by atoms with Gasteiger partial charge in [-0.2, -0.15) is 0 Å². The molecule has 0 saturated carbocycles. The zero-order chi connectivity index (χ0) is 13.9. The Kier molecular flexibility index (Phi) is 3.73. The Bertz CT molecular complexity index is 621. The van der Waals surface area contributed by atoms with Gasteiger partial charge in [0, 0.05) is 12.7 Å². The minimum Gasteiger partial charge on any atom is -0.485 e. The van der Waals surface area contributed by atoms with Gasteiger partial charge in [0.15, 0.2) is 23.4 Å². The van der Waals surface area contributed by atoms with Crippen molar-refractivity contribution in [3.05, 3.63) is 40.8 Å². The first-order chi connectivity index (χ1) is 9.78. The van der Waals surface area contributed by atoms with Gasteiger partial charge in [-0.25, -0.2) is 9.97 Å². The number of fused-ring (bicyclic) bond motifs is 1. The fourth-order valence-electron chi connectivity index (χ4n) is 1.97. The van der Waals surface area contributed by atoms with Crippen molar-refractivity contribution in [3.63, 3.8) is 0 Å². The Morgan fingerprint density at radius 1 is 1.35 bits per heavy atom. The minimum absolute atomic E-state index is 0.296. The van der Waals surface area contributed by atoms with Gasteiger partial charge < -0.3 is 14.8 Å². The molecule has 20 heavy (non-hydrogen) atoms. The fourth-order valence-corrected chi connectivity index (χ4v) is 2.31. The number of anilines is 1. The summed E-state index contributed by atoms with van der Waals surface area (Å²) in [5.74, 6) is 2.85. The van der Waals surface area contributed by atoms with Crippen molar-refractivity contribution in [1.82, 2.24) is 9.97 Å². The van der Waals surface area contributed by atoms with Crippen molar-refractivity contribution < 1.29 is 9.47 Å². The Balaban J connectivity index is 1.86. The van der Waals surface area contributed by atoms with Gasteiger partial charge in [0.05, 0.1) is 4.47 Å². The molecule has 1 aromatic carbocycles. The largest absolute Gasteiger partial charge is 0.485 e. The van der Waals surface area contributed by atoms with E-state index in [0.29, 0.717) is 12.4 Å². The highest BCUT2D eigenvalue weighted by Crippen LogP contribution is 2.35. The molecular weight excluding hydrogens is 322 g/mol. The second-order valence-corrected chi connectivity index (χ2v) is 5.17. The van der Waals surface area contributed by atoms with Gasteiger partial charge in [0.2, 0.25) is 0 Å². The van der Waals surface area contributed by atoms with Crippen molar-refractivity contribution in [1.29, 1.82) is 0 Å². The maximum Gasteiger partial charge on any atom is 0.192 e. The second-order valence-electron chi connectivity index (χ2n) is 4.32. The zero-order valence-corrected chi connectivity index (χ0v) is 12.6. The Morgan fingerprint density at radius 3 is 2.95 bits per heavy atom. The normalized spacial score (nSPS) is 16.8. The summed E-state index contributed by atoms with van der Waals surface area (Å²) in [5, 5.41) is 3.18. The van der Waals surface area contributed by atoms with Gasteiger partial charge in [-0.15, -0.1) is 0 Å². The van der Waals surface area contributed by atoms with Gasteiger partial charge in [0.25, 0.3) is 0 Å². The average Bonchev–Trinajstić information content (AvgIpc) is 2.49. The number of para-hydroxylation sites is 2. The second kappa shape index (κ2) is 5.66. The summed E-state index contributed by atoms with van der Waals surface area (Å²) in [7, 11) is 0. The number of halogens is 1. The van der Waals surface area contributed by atoms with Crippen LogP contribution in [0.5, 0.6) is 11.5 Å². The van der Waals surface area contributed by atoms with E-state index in [1.54, 1.807) is 6.20 Å². The van der Waals surface area contributed by atoms with E-state index in [0.717, 1.165) is 28.3 Å². The van der Waals surface area contributed by atoms with Gasteiger partial charge in [-0.05, 0) is 35.0 Å². The van der Waals surface area contributed by atoms with E-state index >= 15 is 0 Å². The number of benzene rings is 1. The summed E-state index contributed by atoms with van der Waals surface area (Å²) in [6, 6.07) is 7.60. The van der Waals surface area contributed by atoms with Crippen LogP contribution in [0.15, 0.2) is 34.9 Å². The molecule has 6 heteroatoms. The Morgan fingerprint density at radius 2 is 2.15 bits per heavy atom. The highest BCUT2D eigenvalue weighted by molar-refractivity contribution is 9.10. The number of nitrogens with zero attached hydrogens (tertiary/aromatic N) is 2. The quantitative estimate of drug-likeness (QED) is 0.933. The first-order valence-electron chi connectivity index (χ1n) is 6.42. The predicted molar refractivity (Wildman–Crippen MR) is 79.2 cm³/mol. The molecule has 1 aromatic heterocycles. The molecule has 1 unspecified atom stereocenters.